The van der Waals surface area contributed by atoms with Crippen LogP contribution in [0.3, 0.4) is 0 Å². The molecule has 3 rings (SSSR count). The van der Waals surface area contributed by atoms with Crippen LogP contribution in [-0.4, -0.2) is 38.2 Å². The molecule has 1 heterocycles. The van der Waals surface area contributed by atoms with Crippen molar-refractivity contribution in [2.45, 2.75) is 58.2 Å². The molecule has 1 aromatic rings. The summed E-state index contributed by atoms with van der Waals surface area (Å²) in [7, 11) is -1.75. The van der Waals surface area contributed by atoms with Crippen LogP contribution in [-0.2, 0) is 4.43 Å². The molecule has 0 unspecified atom stereocenters. The van der Waals surface area contributed by atoms with E-state index in [4.69, 9.17) is 4.43 Å². The molecular weight excluding hydrogens is 330 g/mol. The number of hydrogen-bond acceptors (Lipinski definition) is 3. The SMILES string of the molecule is CC(C)(C)[Si](C)(C)OCCC1(CN2C(=O)c3ccccc3C2=O)CC1. The Morgan fingerprint density at radius 3 is 2.04 bits per heavy atom. The van der Waals surface area contributed by atoms with Gasteiger partial charge in [-0.15, -0.1) is 0 Å². The Balaban J connectivity index is 1.61. The quantitative estimate of drug-likeness (QED) is 0.556. The molecule has 4 nitrogen and oxygen atoms in total. The van der Waals surface area contributed by atoms with Crippen LogP contribution in [0.2, 0.25) is 18.1 Å². The van der Waals surface area contributed by atoms with E-state index in [2.05, 4.69) is 33.9 Å². The minimum absolute atomic E-state index is 0.0652. The molecule has 0 radical (unpaired) electrons. The van der Waals surface area contributed by atoms with Crippen molar-refractivity contribution in [2.24, 2.45) is 5.41 Å². The van der Waals surface area contributed by atoms with E-state index >= 15 is 0 Å². The largest absolute Gasteiger partial charge is 0.417 e. The predicted molar refractivity (Wildman–Crippen MR) is 101 cm³/mol. The van der Waals surface area contributed by atoms with E-state index in [9.17, 15) is 9.59 Å². The van der Waals surface area contributed by atoms with Gasteiger partial charge < -0.3 is 4.43 Å². The average Bonchev–Trinajstić information content (AvgIpc) is 3.25. The van der Waals surface area contributed by atoms with E-state index in [1.165, 1.54) is 4.90 Å². The number of carbonyl (C=O) groups is 2. The molecule has 0 spiro atoms. The first-order valence-corrected chi connectivity index (χ1v) is 12.1. The highest BCUT2D eigenvalue weighted by Gasteiger charge is 2.48. The van der Waals surface area contributed by atoms with Crippen LogP contribution >= 0.6 is 0 Å². The van der Waals surface area contributed by atoms with E-state index in [1.54, 1.807) is 12.1 Å². The molecule has 0 N–H and O–H groups in total. The molecule has 0 bridgehead atoms. The van der Waals surface area contributed by atoms with Gasteiger partial charge in [-0.3, -0.25) is 14.5 Å². The minimum Gasteiger partial charge on any atom is -0.417 e. The van der Waals surface area contributed by atoms with Crippen molar-refractivity contribution >= 4 is 20.1 Å². The van der Waals surface area contributed by atoms with Gasteiger partial charge in [-0.05, 0) is 54.9 Å². The zero-order valence-corrected chi connectivity index (χ0v) is 17.0. The molecule has 0 aromatic heterocycles. The van der Waals surface area contributed by atoms with Gasteiger partial charge in [-0.2, -0.15) is 0 Å². The zero-order valence-electron chi connectivity index (χ0n) is 16.0. The molecular formula is C20H29NO3Si. The first-order valence-electron chi connectivity index (χ1n) is 9.16. The molecule has 2 aliphatic rings. The number of imide groups is 1. The number of hydrogen-bond donors (Lipinski definition) is 0. The van der Waals surface area contributed by atoms with Crippen LogP contribution in [0.15, 0.2) is 24.3 Å². The Hall–Kier alpha value is -1.46. The Morgan fingerprint density at radius 1 is 1.08 bits per heavy atom. The Morgan fingerprint density at radius 2 is 1.60 bits per heavy atom. The monoisotopic (exact) mass is 359 g/mol. The lowest BCUT2D eigenvalue weighted by atomic mass is 10.0. The molecule has 25 heavy (non-hydrogen) atoms. The Bertz CT molecular complexity index is 666. The summed E-state index contributed by atoms with van der Waals surface area (Å²) in [6.07, 6.45) is 3.06. The van der Waals surface area contributed by atoms with E-state index in [0.717, 1.165) is 25.9 Å². The van der Waals surface area contributed by atoms with Gasteiger partial charge in [0.25, 0.3) is 11.8 Å². The van der Waals surface area contributed by atoms with Crippen molar-refractivity contribution in [1.82, 2.24) is 4.90 Å². The third-order valence-electron chi connectivity index (χ3n) is 6.23. The summed E-state index contributed by atoms with van der Waals surface area (Å²) < 4.78 is 6.30. The van der Waals surface area contributed by atoms with E-state index in [-0.39, 0.29) is 22.3 Å². The zero-order chi connectivity index (χ0) is 18.5. The summed E-state index contributed by atoms with van der Waals surface area (Å²) in [5.41, 5.74) is 1.15. The van der Waals surface area contributed by atoms with Crippen LogP contribution in [0.4, 0.5) is 0 Å². The van der Waals surface area contributed by atoms with Crippen molar-refractivity contribution < 1.29 is 14.0 Å². The van der Waals surface area contributed by atoms with E-state index < -0.39 is 8.32 Å². The average molecular weight is 360 g/mol. The van der Waals surface area contributed by atoms with Gasteiger partial charge in [0.15, 0.2) is 8.32 Å². The molecule has 1 fully saturated rings. The second-order valence-corrected chi connectivity index (χ2v) is 13.9. The van der Waals surface area contributed by atoms with Crippen molar-refractivity contribution in [3.63, 3.8) is 0 Å². The maximum Gasteiger partial charge on any atom is 0.261 e. The van der Waals surface area contributed by atoms with Crippen LogP contribution < -0.4 is 0 Å². The topological polar surface area (TPSA) is 46.6 Å². The lowest BCUT2D eigenvalue weighted by molar-refractivity contribution is 0.0609. The van der Waals surface area contributed by atoms with Crippen LogP contribution in [0.1, 0.15) is 60.7 Å². The number of rotatable bonds is 6. The van der Waals surface area contributed by atoms with E-state index in [1.807, 2.05) is 12.1 Å². The fourth-order valence-electron chi connectivity index (χ4n) is 3.12. The second-order valence-electron chi connectivity index (χ2n) is 9.10. The van der Waals surface area contributed by atoms with Crippen molar-refractivity contribution in [3.8, 4) is 0 Å². The third-order valence-corrected chi connectivity index (χ3v) is 10.8. The predicted octanol–water partition coefficient (Wildman–Crippen LogP) is 4.47. The van der Waals surface area contributed by atoms with Crippen LogP contribution in [0, 0.1) is 5.41 Å². The lowest BCUT2D eigenvalue weighted by Crippen LogP contribution is -2.42. The maximum absolute atomic E-state index is 12.6. The molecule has 136 valence electrons. The summed E-state index contributed by atoms with van der Waals surface area (Å²) in [5, 5.41) is 0.201. The highest BCUT2D eigenvalue weighted by Crippen LogP contribution is 2.50. The summed E-state index contributed by atoms with van der Waals surface area (Å²) in [5.74, 6) is -0.283. The van der Waals surface area contributed by atoms with Gasteiger partial charge >= 0.3 is 0 Å². The summed E-state index contributed by atoms with van der Waals surface area (Å²) in [6.45, 7) is 12.5. The molecule has 1 aliphatic heterocycles. The first-order chi connectivity index (χ1) is 11.6. The van der Waals surface area contributed by atoms with Crippen LogP contribution in [0.25, 0.3) is 0 Å². The molecule has 0 saturated heterocycles. The third kappa shape index (κ3) is 3.44. The number of nitrogens with zero attached hydrogens (tertiary/aromatic N) is 1. The summed E-state index contributed by atoms with van der Waals surface area (Å²) >= 11 is 0. The van der Waals surface area contributed by atoms with Gasteiger partial charge in [0.2, 0.25) is 0 Å². The minimum atomic E-state index is -1.75. The molecule has 1 saturated carbocycles. The van der Waals surface area contributed by atoms with Gasteiger partial charge in [0.05, 0.1) is 11.1 Å². The Labute approximate surface area is 151 Å². The maximum atomic E-state index is 12.6. The fraction of sp³-hybridized carbons (Fsp3) is 0.600. The van der Waals surface area contributed by atoms with Crippen molar-refractivity contribution in [3.05, 3.63) is 35.4 Å². The highest BCUT2D eigenvalue weighted by molar-refractivity contribution is 6.74. The number of fused-ring (bicyclic) bond motifs is 1. The number of benzene rings is 1. The first kappa shape index (κ1) is 18.3. The van der Waals surface area contributed by atoms with Crippen LogP contribution in [0.5, 0.6) is 0 Å². The second kappa shape index (κ2) is 6.06. The van der Waals surface area contributed by atoms with Gasteiger partial charge in [0, 0.05) is 13.2 Å². The lowest BCUT2D eigenvalue weighted by Gasteiger charge is -2.36. The Kier molecular flexibility index (Phi) is 4.44. The summed E-state index contributed by atoms with van der Waals surface area (Å²) in [4.78, 5) is 26.6. The number of carbonyl (C=O) groups excluding carboxylic acids is 2. The normalized spacial score (nSPS) is 19.3. The van der Waals surface area contributed by atoms with Crippen molar-refractivity contribution in [1.29, 1.82) is 0 Å². The standard InChI is InChI=1S/C20H29NO3Si/c1-19(2,3)25(4,5)24-13-12-20(10-11-20)14-21-17(22)15-8-6-7-9-16(15)18(21)23/h6-9H,10-14H2,1-5H3. The summed E-state index contributed by atoms with van der Waals surface area (Å²) in [6, 6.07) is 7.12. The molecule has 1 aromatic carbocycles. The highest BCUT2D eigenvalue weighted by atomic mass is 28.4. The van der Waals surface area contributed by atoms with E-state index in [0.29, 0.717) is 17.7 Å². The molecule has 2 amide bonds. The van der Waals surface area contributed by atoms with Crippen molar-refractivity contribution in [2.75, 3.05) is 13.2 Å². The molecule has 1 aliphatic carbocycles. The van der Waals surface area contributed by atoms with Gasteiger partial charge in [-0.1, -0.05) is 32.9 Å². The van der Waals surface area contributed by atoms with Gasteiger partial charge in [0.1, 0.15) is 0 Å². The molecule has 0 atom stereocenters. The molecule has 5 heteroatoms. The number of amides is 2. The smallest absolute Gasteiger partial charge is 0.261 e. The fourth-order valence-corrected chi connectivity index (χ4v) is 4.17. The van der Waals surface area contributed by atoms with Gasteiger partial charge in [-0.25, -0.2) is 0 Å².